The smallest absolute Gasteiger partial charge is 0.305 e. The second-order valence-corrected chi connectivity index (χ2v) is 5.56. The molecule has 1 aromatic rings. The lowest BCUT2D eigenvalue weighted by atomic mass is 10.1. The molecule has 4 nitrogen and oxygen atoms in total. The van der Waals surface area contributed by atoms with Crippen molar-refractivity contribution in [2.75, 3.05) is 20.1 Å². The van der Waals surface area contributed by atoms with Gasteiger partial charge in [0.15, 0.2) is 0 Å². The molecule has 2 rings (SSSR count). The van der Waals surface area contributed by atoms with Crippen LogP contribution in [0, 0.1) is 0 Å². The zero-order chi connectivity index (χ0) is 12.3. The number of nitrogens with one attached hydrogen (secondary N) is 1. The summed E-state index contributed by atoms with van der Waals surface area (Å²) in [6.07, 6.45) is 1.25. The minimum Gasteiger partial charge on any atom is -0.481 e. The van der Waals surface area contributed by atoms with Crippen LogP contribution in [0.1, 0.15) is 23.8 Å². The first-order valence-corrected chi connectivity index (χ1v) is 6.73. The molecular formula is C12H18N2O2S. The Bertz CT molecular complexity index is 367. The maximum absolute atomic E-state index is 10.9. The van der Waals surface area contributed by atoms with Crippen LogP contribution in [-0.2, 0) is 4.79 Å². The van der Waals surface area contributed by atoms with E-state index in [4.69, 9.17) is 5.11 Å². The van der Waals surface area contributed by atoms with Gasteiger partial charge in [0.2, 0.25) is 0 Å². The van der Waals surface area contributed by atoms with E-state index in [2.05, 4.69) is 17.3 Å². The van der Waals surface area contributed by atoms with Crippen LogP contribution in [0.2, 0.25) is 0 Å². The number of carboxylic acids is 1. The van der Waals surface area contributed by atoms with Crippen LogP contribution >= 0.6 is 11.3 Å². The quantitative estimate of drug-likeness (QED) is 0.837. The van der Waals surface area contributed by atoms with E-state index in [9.17, 15) is 4.79 Å². The lowest BCUT2D eigenvalue weighted by Crippen LogP contribution is -2.35. The number of carboxylic acid groups (broad SMARTS) is 1. The summed E-state index contributed by atoms with van der Waals surface area (Å²) in [6, 6.07) is 4.33. The highest BCUT2D eigenvalue weighted by molar-refractivity contribution is 7.10. The van der Waals surface area contributed by atoms with Crippen molar-refractivity contribution in [2.24, 2.45) is 0 Å². The molecule has 0 saturated carbocycles. The summed E-state index contributed by atoms with van der Waals surface area (Å²) in [5.74, 6) is -0.748. The van der Waals surface area contributed by atoms with Gasteiger partial charge in [0, 0.05) is 17.5 Å². The van der Waals surface area contributed by atoms with Crippen molar-refractivity contribution >= 4 is 17.3 Å². The van der Waals surface area contributed by atoms with Crippen molar-refractivity contribution in [1.29, 1.82) is 0 Å². The number of carbonyl (C=O) groups is 1. The summed E-state index contributed by atoms with van der Waals surface area (Å²) in [5.41, 5.74) is 0. The van der Waals surface area contributed by atoms with E-state index in [0.717, 1.165) is 24.4 Å². The van der Waals surface area contributed by atoms with Gasteiger partial charge in [0.05, 0.1) is 12.5 Å². The highest BCUT2D eigenvalue weighted by Crippen LogP contribution is 2.24. The standard InChI is InChI=1S/C12H18N2O2S/c1-14-5-4-9(8-14)13-10(7-12(15)16)11-3-2-6-17-11/h2-3,6,9-10,13H,4-5,7-8H2,1H3,(H,15,16). The molecule has 0 radical (unpaired) electrons. The number of rotatable bonds is 5. The molecule has 1 aliphatic heterocycles. The van der Waals surface area contributed by atoms with E-state index in [1.54, 1.807) is 11.3 Å². The molecule has 0 aromatic carbocycles. The number of hydrogen-bond donors (Lipinski definition) is 2. The Balaban J connectivity index is 1.98. The van der Waals surface area contributed by atoms with Gasteiger partial charge < -0.3 is 15.3 Å². The zero-order valence-corrected chi connectivity index (χ0v) is 10.7. The van der Waals surface area contributed by atoms with Gasteiger partial charge in [0.25, 0.3) is 0 Å². The minimum absolute atomic E-state index is 0.0519. The zero-order valence-electron chi connectivity index (χ0n) is 9.93. The fraction of sp³-hybridized carbons (Fsp3) is 0.583. The third-order valence-corrected chi connectivity index (χ3v) is 4.08. The van der Waals surface area contributed by atoms with Crippen molar-refractivity contribution in [3.8, 4) is 0 Å². The first-order valence-electron chi connectivity index (χ1n) is 5.85. The first kappa shape index (κ1) is 12.5. The second kappa shape index (κ2) is 5.62. The Hall–Kier alpha value is -0.910. The average molecular weight is 254 g/mol. The number of likely N-dealkylation sites (N-methyl/N-ethyl adjacent to an activating group) is 1. The number of likely N-dealkylation sites (tertiary alicyclic amines) is 1. The Morgan fingerprint density at radius 3 is 3.12 bits per heavy atom. The van der Waals surface area contributed by atoms with Gasteiger partial charge in [-0.3, -0.25) is 4.79 Å². The van der Waals surface area contributed by atoms with Gasteiger partial charge >= 0.3 is 5.97 Å². The summed E-state index contributed by atoms with van der Waals surface area (Å²) in [4.78, 5) is 14.3. The predicted octanol–water partition coefficient (Wildman–Crippen LogP) is 1.56. The SMILES string of the molecule is CN1CCC(NC(CC(=O)O)c2cccs2)C1. The maximum Gasteiger partial charge on any atom is 0.305 e. The molecule has 0 bridgehead atoms. The van der Waals surface area contributed by atoms with E-state index in [0.29, 0.717) is 6.04 Å². The molecule has 1 aromatic heterocycles. The van der Waals surface area contributed by atoms with Crippen LogP contribution in [0.3, 0.4) is 0 Å². The normalized spacial score (nSPS) is 22.8. The predicted molar refractivity (Wildman–Crippen MR) is 68.4 cm³/mol. The third kappa shape index (κ3) is 3.52. The van der Waals surface area contributed by atoms with Crippen molar-refractivity contribution < 1.29 is 9.90 Å². The summed E-state index contributed by atoms with van der Waals surface area (Å²) in [5, 5.41) is 14.4. The van der Waals surface area contributed by atoms with Crippen LogP contribution in [0.5, 0.6) is 0 Å². The monoisotopic (exact) mass is 254 g/mol. The summed E-state index contributed by atoms with van der Waals surface area (Å²) in [7, 11) is 2.10. The van der Waals surface area contributed by atoms with Gasteiger partial charge in [-0.25, -0.2) is 0 Å². The van der Waals surface area contributed by atoms with Crippen molar-refractivity contribution in [3.63, 3.8) is 0 Å². The number of hydrogen-bond acceptors (Lipinski definition) is 4. The summed E-state index contributed by atoms with van der Waals surface area (Å²) < 4.78 is 0. The van der Waals surface area contributed by atoms with E-state index < -0.39 is 5.97 Å². The molecule has 2 atom stereocenters. The number of nitrogens with zero attached hydrogens (tertiary/aromatic N) is 1. The van der Waals surface area contributed by atoms with Gasteiger partial charge in [-0.05, 0) is 31.5 Å². The molecule has 0 spiro atoms. The van der Waals surface area contributed by atoms with Crippen LogP contribution in [0.15, 0.2) is 17.5 Å². The highest BCUT2D eigenvalue weighted by Gasteiger charge is 2.24. The van der Waals surface area contributed by atoms with Gasteiger partial charge in [-0.2, -0.15) is 0 Å². The first-order chi connectivity index (χ1) is 8.15. The Labute approximate surface area is 105 Å². The van der Waals surface area contributed by atoms with Crippen molar-refractivity contribution in [3.05, 3.63) is 22.4 Å². The van der Waals surface area contributed by atoms with Gasteiger partial charge in [0.1, 0.15) is 0 Å². The van der Waals surface area contributed by atoms with Crippen LogP contribution in [0.4, 0.5) is 0 Å². The van der Waals surface area contributed by atoms with Crippen molar-refractivity contribution in [2.45, 2.75) is 24.9 Å². The molecular weight excluding hydrogens is 236 g/mol. The fourth-order valence-corrected chi connectivity index (χ4v) is 3.05. The van der Waals surface area contributed by atoms with Crippen LogP contribution < -0.4 is 5.32 Å². The molecule has 2 unspecified atom stereocenters. The average Bonchev–Trinajstić information content (AvgIpc) is 2.87. The van der Waals surface area contributed by atoms with Crippen LogP contribution in [-0.4, -0.2) is 42.2 Å². The molecule has 2 N–H and O–H groups in total. The molecule has 5 heteroatoms. The molecule has 1 saturated heterocycles. The summed E-state index contributed by atoms with van der Waals surface area (Å²) in [6.45, 7) is 2.09. The van der Waals surface area contributed by atoms with Gasteiger partial charge in [-0.15, -0.1) is 11.3 Å². The topological polar surface area (TPSA) is 52.6 Å². The Kier molecular flexibility index (Phi) is 4.15. The summed E-state index contributed by atoms with van der Waals surface area (Å²) >= 11 is 1.62. The lowest BCUT2D eigenvalue weighted by molar-refractivity contribution is -0.137. The molecule has 94 valence electrons. The minimum atomic E-state index is -0.748. The Morgan fingerprint density at radius 1 is 1.76 bits per heavy atom. The molecule has 1 aliphatic rings. The number of aliphatic carboxylic acids is 1. The van der Waals surface area contributed by atoms with Crippen LogP contribution in [0.25, 0.3) is 0 Å². The maximum atomic E-state index is 10.9. The largest absolute Gasteiger partial charge is 0.481 e. The number of thiophene rings is 1. The fourth-order valence-electron chi connectivity index (χ4n) is 2.26. The molecule has 2 heterocycles. The van der Waals surface area contributed by atoms with Crippen molar-refractivity contribution in [1.82, 2.24) is 10.2 Å². The Morgan fingerprint density at radius 2 is 2.59 bits per heavy atom. The third-order valence-electron chi connectivity index (χ3n) is 3.09. The molecule has 17 heavy (non-hydrogen) atoms. The van der Waals surface area contributed by atoms with Gasteiger partial charge in [-0.1, -0.05) is 6.07 Å². The van der Waals surface area contributed by atoms with E-state index in [1.807, 2.05) is 17.5 Å². The second-order valence-electron chi connectivity index (χ2n) is 4.58. The van der Waals surface area contributed by atoms with E-state index >= 15 is 0 Å². The molecule has 0 amide bonds. The molecule has 1 fully saturated rings. The lowest BCUT2D eigenvalue weighted by Gasteiger charge is -2.20. The van der Waals surface area contributed by atoms with E-state index in [-0.39, 0.29) is 12.5 Å². The highest BCUT2D eigenvalue weighted by atomic mass is 32.1. The van der Waals surface area contributed by atoms with E-state index in [1.165, 1.54) is 0 Å². The molecule has 0 aliphatic carbocycles.